The monoisotopic (exact) mass is 626 g/mol. The smallest absolute Gasteiger partial charge is 0.418 e. The fraction of sp³-hybridized carbons (Fsp3) is 0.0690. The standard InChI is InChI=1S/C29H18BrF3N2O4S/c30-17-5-12-21(13-6-17)40-16-26(36)34-18-7-9-19(10-8-18)39-20-11-14-22-23(15-20)28(38)35(27(22)37)25-4-2-1-3-24(25)29(31,32)33/h1-15H,16H2,(H,34,36). The number of nitrogens with one attached hydrogen (secondary N) is 1. The van der Waals surface area contributed by atoms with Gasteiger partial charge in [0.15, 0.2) is 0 Å². The van der Waals surface area contributed by atoms with Gasteiger partial charge in [0, 0.05) is 15.1 Å². The van der Waals surface area contributed by atoms with Gasteiger partial charge in [0.2, 0.25) is 5.91 Å². The third-order valence-corrected chi connectivity index (χ3v) is 7.41. The van der Waals surface area contributed by atoms with Crippen molar-refractivity contribution in [2.45, 2.75) is 11.1 Å². The number of fused-ring (bicyclic) bond motifs is 1. The minimum absolute atomic E-state index is 0.0200. The fourth-order valence-electron chi connectivity index (χ4n) is 4.03. The van der Waals surface area contributed by atoms with Crippen molar-refractivity contribution < 1.29 is 32.3 Å². The molecule has 40 heavy (non-hydrogen) atoms. The van der Waals surface area contributed by atoms with Gasteiger partial charge in [-0.15, -0.1) is 11.8 Å². The third-order valence-electron chi connectivity index (χ3n) is 5.87. The molecule has 0 aliphatic carbocycles. The lowest BCUT2D eigenvalue weighted by molar-refractivity contribution is -0.137. The summed E-state index contributed by atoms with van der Waals surface area (Å²) in [4.78, 5) is 39.7. The zero-order chi connectivity index (χ0) is 28.4. The van der Waals surface area contributed by atoms with Crippen LogP contribution >= 0.6 is 27.7 Å². The predicted molar refractivity (Wildman–Crippen MR) is 149 cm³/mol. The van der Waals surface area contributed by atoms with E-state index in [0.717, 1.165) is 21.5 Å². The van der Waals surface area contributed by atoms with Gasteiger partial charge < -0.3 is 10.1 Å². The Balaban J connectivity index is 1.25. The SMILES string of the molecule is O=C(CSc1ccc(Br)cc1)Nc1ccc(Oc2ccc3c(c2)C(=O)N(c2ccccc2C(F)(F)F)C3=O)cc1. The average molecular weight is 627 g/mol. The Hall–Kier alpha value is -4.09. The molecule has 1 N–H and O–H groups in total. The molecule has 6 nitrogen and oxygen atoms in total. The Morgan fingerprint density at radius 2 is 1.50 bits per heavy atom. The summed E-state index contributed by atoms with van der Waals surface area (Å²) in [5, 5.41) is 2.80. The van der Waals surface area contributed by atoms with Gasteiger partial charge >= 0.3 is 6.18 Å². The molecule has 11 heteroatoms. The number of imide groups is 1. The Morgan fingerprint density at radius 3 is 2.20 bits per heavy atom. The summed E-state index contributed by atoms with van der Waals surface area (Å²) < 4.78 is 47.3. The lowest BCUT2D eigenvalue weighted by Gasteiger charge is -2.19. The molecule has 1 heterocycles. The number of ether oxygens (including phenoxy) is 1. The first kappa shape index (κ1) is 27.5. The van der Waals surface area contributed by atoms with Crippen LogP contribution in [0, 0.1) is 0 Å². The minimum Gasteiger partial charge on any atom is -0.457 e. The normalized spacial score (nSPS) is 12.8. The molecule has 0 aromatic heterocycles. The number of hydrogen-bond acceptors (Lipinski definition) is 5. The highest BCUT2D eigenvalue weighted by molar-refractivity contribution is 9.10. The van der Waals surface area contributed by atoms with E-state index in [-0.39, 0.29) is 28.5 Å². The molecule has 1 aliphatic rings. The van der Waals surface area contributed by atoms with Crippen molar-refractivity contribution in [3.05, 3.63) is 112 Å². The van der Waals surface area contributed by atoms with Gasteiger partial charge in [0.1, 0.15) is 11.5 Å². The Bertz CT molecular complexity index is 1610. The molecule has 3 amide bonds. The van der Waals surface area contributed by atoms with E-state index in [1.54, 1.807) is 24.3 Å². The van der Waals surface area contributed by atoms with Gasteiger partial charge in [0.25, 0.3) is 11.8 Å². The lowest BCUT2D eigenvalue weighted by Crippen LogP contribution is -2.31. The molecule has 4 aromatic rings. The second-order valence-corrected chi connectivity index (χ2v) is 10.5. The van der Waals surface area contributed by atoms with Crippen LogP contribution in [0.4, 0.5) is 24.5 Å². The Kier molecular flexibility index (Phi) is 7.68. The van der Waals surface area contributed by atoms with Crippen LogP contribution in [-0.4, -0.2) is 23.5 Å². The van der Waals surface area contributed by atoms with Crippen molar-refractivity contribution in [3.8, 4) is 11.5 Å². The number of alkyl halides is 3. The largest absolute Gasteiger partial charge is 0.457 e. The van der Waals surface area contributed by atoms with Gasteiger partial charge in [-0.1, -0.05) is 28.1 Å². The summed E-state index contributed by atoms with van der Waals surface area (Å²) in [7, 11) is 0. The second kappa shape index (κ2) is 11.2. The number of carbonyl (C=O) groups excluding carboxylic acids is 3. The van der Waals surface area contributed by atoms with Crippen LogP contribution in [0.15, 0.2) is 100 Å². The number of anilines is 2. The molecule has 0 radical (unpaired) electrons. The van der Waals surface area contributed by atoms with Crippen LogP contribution in [0.5, 0.6) is 11.5 Å². The molecule has 5 rings (SSSR count). The quantitative estimate of drug-likeness (QED) is 0.167. The highest BCUT2D eigenvalue weighted by Gasteiger charge is 2.42. The summed E-state index contributed by atoms with van der Waals surface area (Å²) >= 11 is 4.77. The molecule has 0 spiro atoms. The molecule has 0 unspecified atom stereocenters. The number of hydrogen-bond donors (Lipinski definition) is 1. The van der Waals surface area contributed by atoms with Gasteiger partial charge in [-0.2, -0.15) is 13.2 Å². The number of nitrogens with zero attached hydrogens (tertiary/aromatic N) is 1. The molecule has 0 fully saturated rings. The fourth-order valence-corrected chi connectivity index (χ4v) is 4.99. The van der Waals surface area contributed by atoms with Crippen molar-refractivity contribution in [3.63, 3.8) is 0 Å². The molecule has 0 bridgehead atoms. The highest BCUT2D eigenvalue weighted by Crippen LogP contribution is 2.40. The van der Waals surface area contributed by atoms with Gasteiger partial charge in [-0.3, -0.25) is 14.4 Å². The Morgan fingerprint density at radius 1 is 0.850 bits per heavy atom. The van der Waals surface area contributed by atoms with Crippen LogP contribution in [-0.2, 0) is 11.0 Å². The molecule has 1 aliphatic heterocycles. The number of benzene rings is 4. The summed E-state index contributed by atoms with van der Waals surface area (Å²) in [6.07, 6.45) is -4.75. The van der Waals surface area contributed by atoms with Crippen molar-refractivity contribution >= 4 is 56.8 Å². The van der Waals surface area contributed by atoms with E-state index in [4.69, 9.17) is 4.74 Å². The van der Waals surface area contributed by atoms with E-state index < -0.39 is 29.2 Å². The van der Waals surface area contributed by atoms with E-state index in [0.29, 0.717) is 16.3 Å². The number of amides is 3. The summed E-state index contributed by atoms with van der Waals surface area (Å²) in [5.74, 6) is -1.07. The molecule has 0 saturated carbocycles. The van der Waals surface area contributed by atoms with Gasteiger partial charge in [0.05, 0.1) is 28.1 Å². The number of carbonyl (C=O) groups is 3. The summed E-state index contributed by atoms with van der Waals surface area (Å²) in [6.45, 7) is 0. The maximum absolute atomic E-state index is 13.5. The maximum Gasteiger partial charge on any atom is 0.418 e. The first-order valence-electron chi connectivity index (χ1n) is 11.8. The molecule has 4 aromatic carbocycles. The Labute approximate surface area is 239 Å². The number of rotatable bonds is 7. The predicted octanol–water partition coefficient (Wildman–Crippen LogP) is 7.79. The van der Waals surface area contributed by atoms with Crippen LogP contribution in [0.2, 0.25) is 0 Å². The molecule has 202 valence electrons. The van der Waals surface area contributed by atoms with Crippen LogP contribution in [0.1, 0.15) is 26.3 Å². The van der Waals surface area contributed by atoms with E-state index in [1.165, 1.54) is 42.1 Å². The topological polar surface area (TPSA) is 75.7 Å². The molecule has 0 atom stereocenters. The van der Waals surface area contributed by atoms with E-state index in [2.05, 4.69) is 21.2 Å². The molecular weight excluding hydrogens is 609 g/mol. The maximum atomic E-state index is 13.5. The summed E-state index contributed by atoms with van der Waals surface area (Å²) in [5.41, 5.74) is -1.14. The average Bonchev–Trinajstić information content (AvgIpc) is 3.18. The van der Waals surface area contributed by atoms with Crippen molar-refractivity contribution in [1.82, 2.24) is 0 Å². The van der Waals surface area contributed by atoms with E-state index in [1.807, 2.05) is 24.3 Å². The van der Waals surface area contributed by atoms with Crippen LogP contribution in [0.3, 0.4) is 0 Å². The number of halogens is 4. The third kappa shape index (κ3) is 5.90. The number of thioether (sulfide) groups is 1. The van der Waals surface area contributed by atoms with Crippen molar-refractivity contribution in [1.29, 1.82) is 0 Å². The van der Waals surface area contributed by atoms with Gasteiger partial charge in [-0.05, 0) is 78.9 Å². The van der Waals surface area contributed by atoms with Crippen molar-refractivity contribution in [2.75, 3.05) is 16.0 Å². The van der Waals surface area contributed by atoms with E-state index >= 15 is 0 Å². The van der Waals surface area contributed by atoms with Crippen molar-refractivity contribution in [2.24, 2.45) is 0 Å². The number of para-hydroxylation sites is 1. The lowest BCUT2D eigenvalue weighted by atomic mass is 10.1. The summed E-state index contributed by atoms with van der Waals surface area (Å²) in [6, 6.07) is 22.7. The minimum atomic E-state index is -4.75. The molecular formula is C29H18BrF3N2O4S. The zero-order valence-corrected chi connectivity index (χ0v) is 22.8. The van der Waals surface area contributed by atoms with Crippen LogP contribution in [0.25, 0.3) is 0 Å². The van der Waals surface area contributed by atoms with Gasteiger partial charge in [-0.25, -0.2) is 4.90 Å². The molecule has 0 saturated heterocycles. The first-order valence-corrected chi connectivity index (χ1v) is 13.5. The van der Waals surface area contributed by atoms with Crippen LogP contribution < -0.4 is 15.0 Å². The zero-order valence-electron chi connectivity index (χ0n) is 20.4. The first-order chi connectivity index (χ1) is 19.1. The highest BCUT2D eigenvalue weighted by atomic mass is 79.9. The van der Waals surface area contributed by atoms with E-state index in [9.17, 15) is 27.6 Å². The second-order valence-electron chi connectivity index (χ2n) is 8.59.